The lowest BCUT2D eigenvalue weighted by Crippen LogP contribution is -2.46. The minimum atomic E-state index is -3.66. The molecule has 2 aliphatic rings. The normalized spacial score (nSPS) is 23.4. The lowest BCUT2D eigenvalue weighted by molar-refractivity contribution is 0.0999. The Balaban J connectivity index is 1.79. The summed E-state index contributed by atoms with van der Waals surface area (Å²) in [6.07, 6.45) is 1.54. The number of amides is 1. The quantitative estimate of drug-likeness (QED) is 0.877. The van der Waals surface area contributed by atoms with Crippen molar-refractivity contribution in [3.63, 3.8) is 0 Å². The standard InChI is InChI=1S/C18H21N3O3S/c1-11-10-12(8-9-19-11)20-25(23,24)16-7-6-15-17-13(16)4-3-5-14(17)18(22)21(15)2/h3-7,11-12,19-20H,8-10H2,1-2H3. The van der Waals surface area contributed by atoms with Crippen LogP contribution in [0, 0.1) is 0 Å². The summed E-state index contributed by atoms with van der Waals surface area (Å²) in [5.74, 6) is -0.102. The van der Waals surface area contributed by atoms with Gasteiger partial charge in [0.05, 0.1) is 10.6 Å². The van der Waals surface area contributed by atoms with E-state index < -0.39 is 10.0 Å². The first-order valence-electron chi connectivity index (χ1n) is 8.48. The van der Waals surface area contributed by atoms with Gasteiger partial charge in [-0.1, -0.05) is 12.1 Å². The fraction of sp³-hybridized carbons (Fsp3) is 0.389. The average molecular weight is 359 g/mol. The number of rotatable bonds is 3. The van der Waals surface area contributed by atoms with Crippen molar-refractivity contribution in [3.8, 4) is 0 Å². The second-order valence-corrected chi connectivity index (χ2v) is 8.56. The summed E-state index contributed by atoms with van der Waals surface area (Å²) in [5.41, 5.74) is 1.31. The molecule has 2 atom stereocenters. The summed E-state index contributed by atoms with van der Waals surface area (Å²) >= 11 is 0. The minimum absolute atomic E-state index is 0.0754. The third kappa shape index (κ3) is 2.63. The van der Waals surface area contributed by atoms with Crippen LogP contribution in [0.4, 0.5) is 5.69 Å². The monoisotopic (exact) mass is 359 g/mol. The number of piperidine rings is 1. The van der Waals surface area contributed by atoms with Gasteiger partial charge in [-0.25, -0.2) is 13.1 Å². The largest absolute Gasteiger partial charge is 0.314 e. The van der Waals surface area contributed by atoms with Crippen molar-refractivity contribution in [2.24, 2.45) is 0 Å². The molecule has 1 fully saturated rings. The first-order chi connectivity index (χ1) is 11.9. The summed E-state index contributed by atoms with van der Waals surface area (Å²) in [6, 6.07) is 8.79. The van der Waals surface area contributed by atoms with Crippen LogP contribution < -0.4 is 14.9 Å². The van der Waals surface area contributed by atoms with Gasteiger partial charge in [-0.05, 0) is 44.5 Å². The summed E-state index contributed by atoms with van der Waals surface area (Å²) in [6.45, 7) is 2.86. The molecule has 25 heavy (non-hydrogen) atoms. The van der Waals surface area contributed by atoms with E-state index in [1.165, 1.54) is 0 Å². The third-order valence-electron chi connectivity index (χ3n) is 5.11. The molecule has 2 aromatic rings. The number of hydrogen-bond acceptors (Lipinski definition) is 4. The molecule has 0 aliphatic carbocycles. The molecule has 0 radical (unpaired) electrons. The lowest BCUT2D eigenvalue weighted by atomic mass is 10.0. The van der Waals surface area contributed by atoms with Crippen molar-refractivity contribution in [1.29, 1.82) is 0 Å². The van der Waals surface area contributed by atoms with Crippen LogP contribution in [0.5, 0.6) is 0 Å². The molecule has 4 rings (SSSR count). The molecule has 2 aliphatic heterocycles. The van der Waals surface area contributed by atoms with Gasteiger partial charge in [0.25, 0.3) is 5.91 Å². The highest BCUT2D eigenvalue weighted by Gasteiger charge is 2.31. The van der Waals surface area contributed by atoms with E-state index >= 15 is 0 Å². The summed E-state index contributed by atoms with van der Waals surface area (Å²) in [5, 5.41) is 4.64. The van der Waals surface area contributed by atoms with Crippen LogP contribution in [-0.2, 0) is 10.0 Å². The van der Waals surface area contributed by atoms with Crippen molar-refractivity contribution in [2.45, 2.75) is 36.7 Å². The van der Waals surface area contributed by atoms with E-state index in [0.717, 1.165) is 30.5 Å². The first-order valence-corrected chi connectivity index (χ1v) is 9.96. The topological polar surface area (TPSA) is 78.5 Å². The second kappa shape index (κ2) is 5.79. The Morgan fingerprint density at radius 2 is 2.04 bits per heavy atom. The predicted molar refractivity (Wildman–Crippen MR) is 97.5 cm³/mol. The van der Waals surface area contributed by atoms with Gasteiger partial charge in [0.2, 0.25) is 10.0 Å². The van der Waals surface area contributed by atoms with Crippen LogP contribution >= 0.6 is 0 Å². The third-order valence-corrected chi connectivity index (χ3v) is 6.69. The highest BCUT2D eigenvalue weighted by atomic mass is 32.2. The Bertz CT molecular complexity index is 971. The van der Waals surface area contributed by atoms with Crippen molar-refractivity contribution in [3.05, 3.63) is 35.9 Å². The maximum absolute atomic E-state index is 13.0. The van der Waals surface area contributed by atoms with E-state index in [2.05, 4.69) is 17.0 Å². The first kappa shape index (κ1) is 16.5. The number of carbonyl (C=O) groups is 1. The van der Waals surface area contributed by atoms with Crippen molar-refractivity contribution < 1.29 is 13.2 Å². The molecule has 7 heteroatoms. The van der Waals surface area contributed by atoms with E-state index in [-0.39, 0.29) is 16.8 Å². The molecule has 1 amide bonds. The maximum atomic E-state index is 13.0. The predicted octanol–water partition coefficient (Wildman–Crippen LogP) is 1.85. The molecule has 2 N–H and O–H groups in total. The van der Waals surface area contributed by atoms with Gasteiger partial charge >= 0.3 is 0 Å². The molecule has 132 valence electrons. The summed E-state index contributed by atoms with van der Waals surface area (Å²) < 4.78 is 28.8. The molecule has 1 saturated heterocycles. The van der Waals surface area contributed by atoms with Crippen molar-refractivity contribution in [1.82, 2.24) is 10.0 Å². The molecule has 2 aromatic carbocycles. The van der Waals surface area contributed by atoms with E-state index in [4.69, 9.17) is 0 Å². The molecule has 2 unspecified atom stereocenters. The Morgan fingerprint density at radius 3 is 2.80 bits per heavy atom. The number of anilines is 1. The number of hydrogen-bond donors (Lipinski definition) is 2. The number of benzene rings is 2. The molecule has 0 aromatic heterocycles. The van der Waals surface area contributed by atoms with Gasteiger partial charge in [0.1, 0.15) is 0 Å². The van der Waals surface area contributed by atoms with Gasteiger partial charge in [-0.2, -0.15) is 0 Å². The van der Waals surface area contributed by atoms with Gasteiger partial charge in [0, 0.05) is 35.5 Å². The fourth-order valence-corrected chi connectivity index (χ4v) is 5.35. The number of carbonyl (C=O) groups excluding carboxylic acids is 1. The van der Waals surface area contributed by atoms with Crippen LogP contribution in [0.1, 0.15) is 30.1 Å². The second-order valence-electron chi connectivity index (χ2n) is 6.87. The van der Waals surface area contributed by atoms with E-state index in [9.17, 15) is 13.2 Å². The number of sulfonamides is 1. The molecule has 0 saturated carbocycles. The highest BCUT2D eigenvalue weighted by Crippen LogP contribution is 2.39. The Labute approximate surface area is 147 Å². The van der Waals surface area contributed by atoms with Crippen LogP contribution in [0.15, 0.2) is 35.2 Å². The number of nitrogens with zero attached hydrogens (tertiary/aromatic N) is 1. The zero-order chi connectivity index (χ0) is 17.8. The summed E-state index contributed by atoms with van der Waals surface area (Å²) in [4.78, 5) is 14.1. The molecule has 0 spiro atoms. The molecule has 2 heterocycles. The smallest absolute Gasteiger partial charge is 0.258 e. The molecule has 6 nitrogen and oxygen atoms in total. The van der Waals surface area contributed by atoms with E-state index in [0.29, 0.717) is 17.0 Å². The Hall–Kier alpha value is -1.96. The van der Waals surface area contributed by atoms with Gasteiger partial charge in [0.15, 0.2) is 0 Å². The fourth-order valence-electron chi connectivity index (χ4n) is 3.87. The minimum Gasteiger partial charge on any atom is -0.314 e. The van der Waals surface area contributed by atoms with Crippen LogP contribution in [0.2, 0.25) is 0 Å². The van der Waals surface area contributed by atoms with E-state index in [1.807, 2.05) is 0 Å². The Morgan fingerprint density at radius 1 is 1.24 bits per heavy atom. The maximum Gasteiger partial charge on any atom is 0.258 e. The lowest BCUT2D eigenvalue weighted by Gasteiger charge is -2.28. The van der Waals surface area contributed by atoms with Gasteiger partial charge in [-0.15, -0.1) is 0 Å². The highest BCUT2D eigenvalue weighted by molar-refractivity contribution is 7.89. The number of nitrogens with one attached hydrogen (secondary N) is 2. The molecular formula is C18H21N3O3S. The molecule has 0 bridgehead atoms. The average Bonchev–Trinajstić information content (AvgIpc) is 2.82. The van der Waals surface area contributed by atoms with Crippen molar-refractivity contribution in [2.75, 3.05) is 18.5 Å². The SMILES string of the molecule is CC1CC(NS(=O)(=O)c2ccc3c4c(cccc24)C(=O)N3C)CCN1. The molecular weight excluding hydrogens is 338 g/mol. The van der Waals surface area contributed by atoms with E-state index in [1.54, 1.807) is 42.3 Å². The van der Waals surface area contributed by atoms with Crippen LogP contribution in [0.25, 0.3) is 10.8 Å². The van der Waals surface area contributed by atoms with Crippen molar-refractivity contribution >= 4 is 32.4 Å². The van der Waals surface area contributed by atoms with Gasteiger partial charge in [-0.3, -0.25) is 4.79 Å². The zero-order valence-corrected chi connectivity index (χ0v) is 15.1. The van der Waals surface area contributed by atoms with Crippen LogP contribution in [-0.4, -0.2) is 40.0 Å². The van der Waals surface area contributed by atoms with Crippen LogP contribution in [0.3, 0.4) is 0 Å². The Kier molecular flexibility index (Phi) is 3.82. The zero-order valence-electron chi connectivity index (χ0n) is 14.2. The summed E-state index contributed by atoms with van der Waals surface area (Å²) in [7, 11) is -1.95. The van der Waals surface area contributed by atoms with Gasteiger partial charge < -0.3 is 10.2 Å².